The lowest BCUT2D eigenvalue weighted by molar-refractivity contribution is 0.998. The molecule has 114 valence electrons. The zero-order valence-electron chi connectivity index (χ0n) is 12.7. The molecule has 0 amide bonds. The fourth-order valence-corrected chi connectivity index (χ4v) is 3.13. The van der Waals surface area contributed by atoms with Gasteiger partial charge in [-0.2, -0.15) is 0 Å². The molecule has 0 atom stereocenters. The Labute approximate surface area is 137 Å². The fourth-order valence-electron chi connectivity index (χ4n) is 2.96. The summed E-state index contributed by atoms with van der Waals surface area (Å²) < 4.78 is 3.50. The van der Waals surface area contributed by atoms with Crippen molar-refractivity contribution in [1.82, 2.24) is 14.0 Å². The van der Waals surface area contributed by atoms with Crippen LogP contribution in [0.2, 0.25) is 5.02 Å². The van der Waals surface area contributed by atoms with E-state index in [1.165, 1.54) is 0 Å². The second-order valence-corrected chi connectivity index (χ2v) is 6.05. The maximum Gasteiger partial charge on any atom is 0.299 e. The molecule has 4 nitrogen and oxygen atoms in total. The van der Waals surface area contributed by atoms with Gasteiger partial charge in [-0.1, -0.05) is 23.7 Å². The van der Waals surface area contributed by atoms with E-state index in [0.717, 1.165) is 27.8 Å². The normalized spacial score (nSPS) is 11.4. The summed E-state index contributed by atoms with van der Waals surface area (Å²) in [6.07, 6.45) is 3.43. The molecule has 2 heterocycles. The summed E-state index contributed by atoms with van der Waals surface area (Å²) in [4.78, 5) is 17.2. The minimum absolute atomic E-state index is 0.154. The van der Waals surface area contributed by atoms with Crippen molar-refractivity contribution in [3.8, 4) is 5.69 Å². The first-order valence-electron chi connectivity index (χ1n) is 7.32. The standard InChI is InChI=1S/C18H14ClN3O/c1-11-4-3-5-14(12(11)2)22-16-10-13(19)6-7-15(16)21-9-8-20-17(21)18(22)23/h3-10H,1-2H3. The number of hydrogen-bond donors (Lipinski definition) is 0. The van der Waals surface area contributed by atoms with E-state index in [4.69, 9.17) is 11.6 Å². The smallest absolute Gasteiger partial charge is 0.294 e. The number of halogens is 1. The number of aromatic nitrogens is 3. The Bertz CT molecular complexity index is 1120. The summed E-state index contributed by atoms with van der Waals surface area (Å²) in [5.41, 5.74) is 4.95. The Morgan fingerprint density at radius 1 is 1.09 bits per heavy atom. The Morgan fingerprint density at radius 2 is 1.91 bits per heavy atom. The van der Waals surface area contributed by atoms with Crippen molar-refractivity contribution in [3.63, 3.8) is 0 Å². The van der Waals surface area contributed by atoms with Crippen LogP contribution in [0.4, 0.5) is 0 Å². The fraction of sp³-hybridized carbons (Fsp3) is 0.111. The number of hydrogen-bond acceptors (Lipinski definition) is 2. The van der Waals surface area contributed by atoms with E-state index in [0.29, 0.717) is 10.7 Å². The number of imidazole rings is 1. The number of aryl methyl sites for hydroxylation is 1. The SMILES string of the molecule is Cc1cccc(-n2c(=O)c3nccn3c3ccc(Cl)cc32)c1C. The van der Waals surface area contributed by atoms with Crippen molar-refractivity contribution >= 4 is 28.3 Å². The molecule has 0 fully saturated rings. The molecule has 0 saturated heterocycles. The summed E-state index contributed by atoms with van der Waals surface area (Å²) in [5, 5.41) is 0.593. The Hall–Kier alpha value is -2.59. The highest BCUT2D eigenvalue weighted by atomic mass is 35.5. The van der Waals surface area contributed by atoms with Crippen LogP contribution >= 0.6 is 11.6 Å². The number of rotatable bonds is 1. The average Bonchev–Trinajstić information content (AvgIpc) is 3.01. The zero-order valence-corrected chi connectivity index (χ0v) is 13.5. The molecule has 0 radical (unpaired) electrons. The minimum Gasteiger partial charge on any atom is -0.294 e. The highest BCUT2D eigenvalue weighted by Crippen LogP contribution is 2.24. The van der Waals surface area contributed by atoms with Crippen LogP contribution in [0, 0.1) is 13.8 Å². The van der Waals surface area contributed by atoms with E-state index in [9.17, 15) is 4.79 Å². The molecule has 0 bridgehead atoms. The molecule has 23 heavy (non-hydrogen) atoms. The van der Waals surface area contributed by atoms with Gasteiger partial charge < -0.3 is 0 Å². The van der Waals surface area contributed by atoms with Gasteiger partial charge in [-0.25, -0.2) is 4.98 Å². The Kier molecular flexibility index (Phi) is 3.03. The summed E-state index contributed by atoms with van der Waals surface area (Å²) in [6, 6.07) is 11.5. The maximum atomic E-state index is 13.0. The van der Waals surface area contributed by atoms with E-state index >= 15 is 0 Å². The summed E-state index contributed by atoms with van der Waals surface area (Å²) in [6.45, 7) is 4.05. The zero-order chi connectivity index (χ0) is 16.1. The van der Waals surface area contributed by atoms with Crippen molar-refractivity contribution in [2.75, 3.05) is 0 Å². The molecule has 4 aromatic rings. The Balaban J connectivity index is 2.28. The summed E-state index contributed by atoms with van der Waals surface area (Å²) in [5.74, 6) is 0. The largest absolute Gasteiger partial charge is 0.299 e. The third kappa shape index (κ3) is 1.99. The topological polar surface area (TPSA) is 39.3 Å². The van der Waals surface area contributed by atoms with Crippen LogP contribution < -0.4 is 5.56 Å². The van der Waals surface area contributed by atoms with Gasteiger partial charge in [-0.3, -0.25) is 13.8 Å². The molecule has 2 aromatic carbocycles. The van der Waals surface area contributed by atoms with Crippen molar-refractivity contribution in [1.29, 1.82) is 0 Å². The number of fused-ring (bicyclic) bond motifs is 3. The van der Waals surface area contributed by atoms with E-state index in [1.807, 2.05) is 50.2 Å². The third-order valence-corrected chi connectivity index (χ3v) is 4.53. The first kappa shape index (κ1) is 14.0. The van der Waals surface area contributed by atoms with Crippen LogP contribution in [-0.2, 0) is 0 Å². The lowest BCUT2D eigenvalue weighted by Crippen LogP contribution is -2.22. The third-order valence-electron chi connectivity index (χ3n) is 4.29. The molecule has 0 spiro atoms. The van der Waals surface area contributed by atoms with Crippen LogP contribution in [0.5, 0.6) is 0 Å². The quantitative estimate of drug-likeness (QED) is 0.533. The highest BCUT2D eigenvalue weighted by molar-refractivity contribution is 6.31. The first-order chi connectivity index (χ1) is 11.1. The molecule has 0 saturated carbocycles. The van der Waals surface area contributed by atoms with E-state index in [2.05, 4.69) is 4.98 Å². The number of benzene rings is 2. The number of nitrogens with zero attached hydrogens (tertiary/aromatic N) is 3. The van der Waals surface area contributed by atoms with E-state index in [-0.39, 0.29) is 5.56 Å². The molecule has 0 N–H and O–H groups in total. The van der Waals surface area contributed by atoms with Crippen LogP contribution in [-0.4, -0.2) is 14.0 Å². The van der Waals surface area contributed by atoms with Gasteiger partial charge in [0.2, 0.25) is 5.65 Å². The Morgan fingerprint density at radius 3 is 2.74 bits per heavy atom. The molecule has 0 aliphatic rings. The van der Waals surface area contributed by atoms with Crippen LogP contribution in [0.25, 0.3) is 22.4 Å². The molecule has 5 heteroatoms. The second-order valence-electron chi connectivity index (χ2n) is 5.61. The lowest BCUT2D eigenvalue weighted by Gasteiger charge is -2.15. The molecular formula is C18H14ClN3O. The van der Waals surface area contributed by atoms with Gasteiger partial charge in [0.05, 0.1) is 16.7 Å². The van der Waals surface area contributed by atoms with E-state index < -0.39 is 0 Å². The van der Waals surface area contributed by atoms with Gasteiger partial charge in [-0.15, -0.1) is 0 Å². The van der Waals surface area contributed by atoms with Gasteiger partial charge in [-0.05, 0) is 49.2 Å². The molecule has 2 aromatic heterocycles. The average molecular weight is 324 g/mol. The van der Waals surface area contributed by atoms with Crippen LogP contribution in [0.1, 0.15) is 11.1 Å². The monoisotopic (exact) mass is 323 g/mol. The molecule has 0 aliphatic heterocycles. The van der Waals surface area contributed by atoms with Gasteiger partial charge in [0.1, 0.15) is 0 Å². The highest BCUT2D eigenvalue weighted by Gasteiger charge is 2.15. The maximum absolute atomic E-state index is 13.0. The second kappa shape index (κ2) is 4.96. The predicted octanol–water partition coefficient (Wildman–Crippen LogP) is 3.91. The predicted molar refractivity (Wildman–Crippen MR) is 92.8 cm³/mol. The van der Waals surface area contributed by atoms with Gasteiger partial charge >= 0.3 is 0 Å². The van der Waals surface area contributed by atoms with Gasteiger partial charge in [0, 0.05) is 17.4 Å². The minimum atomic E-state index is -0.154. The summed E-state index contributed by atoms with van der Waals surface area (Å²) >= 11 is 6.19. The van der Waals surface area contributed by atoms with Gasteiger partial charge in [0.15, 0.2) is 0 Å². The lowest BCUT2D eigenvalue weighted by atomic mass is 10.1. The molecule has 0 unspecified atom stereocenters. The molecule has 0 aliphatic carbocycles. The van der Waals surface area contributed by atoms with Crippen molar-refractivity contribution < 1.29 is 0 Å². The van der Waals surface area contributed by atoms with Crippen molar-refractivity contribution in [3.05, 3.63) is 75.3 Å². The van der Waals surface area contributed by atoms with Crippen LogP contribution in [0.3, 0.4) is 0 Å². The van der Waals surface area contributed by atoms with E-state index in [1.54, 1.807) is 21.4 Å². The van der Waals surface area contributed by atoms with Crippen LogP contribution in [0.15, 0.2) is 53.6 Å². The molecule has 4 rings (SSSR count). The first-order valence-corrected chi connectivity index (χ1v) is 7.69. The summed E-state index contributed by atoms with van der Waals surface area (Å²) in [7, 11) is 0. The van der Waals surface area contributed by atoms with Gasteiger partial charge in [0.25, 0.3) is 5.56 Å². The molecular weight excluding hydrogens is 310 g/mol. The van der Waals surface area contributed by atoms with Crippen molar-refractivity contribution in [2.45, 2.75) is 13.8 Å². The van der Waals surface area contributed by atoms with Crippen molar-refractivity contribution in [2.24, 2.45) is 0 Å².